The van der Waals surface area contributed by atoms with Crippen LogP contribution in [0.2, 0.25) is 5.02 Å². The van der Waals surface area contributed by atoms with Crippen molar-refractivity contribution in [2.75, 3.05) is 20.0 Å². The van der Waals surface area contributed by atoms with Crippen LogP contribution < -0.4 is 29.0 Å². The van der Waals surface area contributed by atoms with E-state index in [0.717, 1.165) is 39.9 Å². The van der Waals surface area contributed by atoms with E-state index in [2.05, 4.69) is 10.3 Å². The normalized spacial score (nSPS) is 11.6. The van der Waals surface area contributed by atoms with Crippen LogP contribution in [0.25, 0.3) is 22.3 Å². The van der Waals surface area contributed by atoms with Gasteiger partial charge in [0.05, 0.1) is 20.4 Å². The zero-order chi connectivity index (χ0) is 47.6. The van der Waals surface area contributed by atoms with Gasteiger partial charge in [-0.1, -0.05) is 80.9 Å². The first-order valence-electron chi connectivity index (χ1n) is 20.2. The Hall–Kier alpha value is -6.42. The minimum absolute atomic E-state index is 0.0444. The Balaban J connectivity index is 0.000000244. The molecule has 0 radical (unpaired) electrons. The van der Waals surface area contributed by atoms with E-state index in [-0.39, 0.29) is 43.9 Å². The highest BCUT2D eigenvalue weighted by Crippen LogP contribution is 2.35. The molecular formula is C49H52ClN3O10S2. The average Bonchev–Trinajstić information content (AvgIpc) is 3.23. The highest BCUT2D eigenvalue weighted by atomic mass is 35.5. The topological polar surface area (TPSA) is 176 Å². The second-order valence-corrected chi connectivity index (χ2v) is 21.0. The minimum Gasteiger partial charge on any atom is -0.497 e. The molecule has 0 fully saturated rings. The first-order valence-corrected chi connectivity index (χ1v) is 23.7. The number of hydrogen-bond donors (Lipinski definition) is 2. The van der Waals surface area contributed by atoms with Gasteiger partial charge < -0.3 is 24.3 Å². The number of rotatable bonds is 14. The molecule has 2 N–H and O–H groups in total. The zero-order valence-corrected chi connectivity index (χ0v) is 39.7. The molecule has 1 aromatic heterocycles. The molecule has 0 aliphatic carbocycles. The third-order valence-corrected chi connectivity index (χ3v) is 12.3. The molecule has 0 saturated carbocycles. The number of carbonyl (C=O) groups excluding carboxylic acids is 2. The van der Waals surface area contributed by atoms with Crippen molar-refractivity contribution in [1.82, 2.24) is 15.0 Å². The summed E-state index contributed by atoms with van der Waals surface area (Å²) in [5.74, 6) is 1.60. The number of nitrogens with one attached hydrogen (secondary N) is 2. The molecule has 1 heterocycles. The van der Waals surface area contributed by atoms with Gasteiger partial charge in [-0.25, -0.2) is 26.4 Å². The highest BCUT2D eigenvalue weighted by Gasteiger charge is 2.28. The number of sulfone groups is 1. The molecule has 0 spiro atoms. The number of Topliss-reactive ketones (excluding diaryl/α,β-unsaturated/α-hetero) is 1. The van der Waals surface area contributed by atoms with Crippen LogP contribution in [0.15, 0.2) is 144 Å². The van der Waals surface area contributed by atoms with Crippen LogP contribution in [0.3, 0.4) is 0 Å². The lowest BCUT2D eigenvalue weighted by Gasteiger charge is -2.21. The Morgan fingerprint density at radius 2 is 1.12 bits per heavy atom. The maximum atomic E-state index is 13.1. The van der Waals surface area contributed by atoms with Crippen molar-refractivity contribution in [2.45, 2.75) is 63.3 Å². The molecule has 6 rings (SSSR count). The molecule has 0 saturated heterocycles. The summed E-state index contributed by atoms with van der Waals surface area (Å²) in [5, 5.41) is 2.80. The number of pyridine rings is 1. The lowest BCUT2D eigenvalue weighted by atomic mass is 9.90. The summed E-state index contributed by atoms with van der Waals surface area (Å²) in [4.78, 5) is 28.0. The molecule has 5 aromatic carbocycles. The Bertz CT molecular complexity index is 2840. The van der Waals surface area contributed by atoms with Gasteiger partial charge in [0, 0.05) is 29.2 Å². The van der Waals surface area contributed by atoms with Crippen molar-refractivity contribution in [1.29, 1.82) is 0 Å². The molecule has 2 amide bonds. The van der Waals surface area contributed by atoms with Crippen molar-refractivity contribution in [3.05, 3.63) is 139 Å². The predicted molar refractivity (Wildman–Crippen MR) is 252 cm³/mol. The van der Waals surface area contributed by atoms with E-state index in [9.17, 15) is 26.4 Å². The summed E-state index contributed by atoms with van der Waals surface area (Å²) in [6, 6.07) is 34.6. The third kappa shape index (κ3) is 14.8. The number of halogens is 1. The second kappa shape index (κ2) is 21.0. The molecule has 13 nitrogen and oxygen atoms in total. The van der Waals surface area contributed by atoms with Crippen molar-refractivity contribution in [3.63, 3.8) is 0 Å². The monoisotopic (exact) mass is 941 g/mol. The fourth-order valence-corrected chi connectivity index (χ4v) is 8.86. The number of benzene rings is 5. The molecule has 65 heavy (non-hydrogen) atoms. The number of ketones is 1. The molecule has 16 heteroatoms. The fourth-order valence-electron chi connectivity index (χ4n) is 6.24. The molecule has 0 aliphatic rings. The average molecular weight is 943 g/mol. The van der Waals surface area contributed by atoms with Crippen LogP contribution >= 0.6 is 11.6 Å². The zero-order valence-electron chi connectivity index (χ0n) is 37.3. The number of nitrogens with zero attached hydrogens (tertiary/aromatic N) is 1. The number of amides is 2. The second-order valence-electron chi connectivity index (χ2n) is 17.0. The van der Waals surface area contributed by atoms with Gasteiger partial charge >= 0.3 is 6.03 Å². The van der Waals surface area contributed by atoms with Crippen molar-refractivity contribution in [3.8, 4) is 56.8 Å². The minimum atomic E-state index is -4.22. The SMILES string of the molecule is COc1ccc(-c2cccc(Oc3ccc(Cl)cc3S(=O)(=O)CC(=O)CC(C)(C)C)c2)cc1.COc1ccc(-c2cccc(Oc3ccncc3S(=O)(=O)NC(=O)NC(C)(C)C)c2)cc1. The summed E-state index contributed by atoms with van der Waals surface area (Å²) < 4.78 is 75.9. The quantitative estimate of drug-likeness (QED) is 0.106. The predicted octanol–water partition coefficient (Wildman–Crippen LogP) is 10.9. The Kier molecular flexibility index (Phi) is 16.1. The molecule has 6 aromatic rings. The summed E-state index contributed by atoms with van der Waals surface area (Å²) >= 11 is 6.08. The number of urea groups is 1. The van der Waals surface area contributed by atoms with Gasteiger partial charge in [-0.2, -0.15) is 0 Å². The number of methoxy groups -OCH3 is 2. The van der Waals surface area contributed by atoms with Crippen LogP contribution in [0.1, 0.15) is 48.0 Å². The van der Waals surface area contributed by atoms with Crippen LogP contribution in [0.5, 0.6) is 34.5 Å². The maximum Gasteiger partial charge on any atom is 0.329 e. The molecule has 0 bridgehead atoms. The van der Waals surface area contributed by atoms with Gasteiger partial charge in [-0.15, -0.1) is 0 Å². The van der Waals surface area contributed by atoms with Crippen LogP contribution in [-0.4, -0.2) is 59.1 Å². The van der Waals surface area contributed by atoms with E-state index in [1.807, 2.05) is 98.3 Å². The van der Waals surface area contributed by atoms with Crippen molar-refractivity contribution in [2.24, 2.45) is 5.41 Å². The number of carbonyl (C=O) groups is 2. The highest BCUT2D eigenvalue weighted by molar-refractivity contribution is 7.92. The Morgan fingerprint density at radius 1 is 0.615 bits per heavy atom. The van der Waals surface area contributed by atoms with Crippen LogP contribution in [0.4, 0.5) is 4.79 Å². The maximum absolute atomic E-state index is 13.1. The first-order chi connectivity index (χ1) is 30.5. The molecular weight excluding hydrogens is 890 g/mol. The van der Waals surface area contributed by atoms with E-state index in [0.29, 0.717) is 11.5 Å². The van der Waals surface area contributed by atoms with Gasteiger partial charge in [-0.3, -0.25) is 9.78 Å². The summed E-state index contributed by atoms with van der Waals surface area (Å²) in [7, 11) is -4.95. The van der Waals surface area contributed by atoms with E-state index in [4.69, 9.17) is 30.5 Å². The number of sulfonamides is 1. The van der Waals surface area contributed by atoms with Crippen LogP contribution in [-0.2, 0) is 24.7 Å². The van der Waals surface area contributed by atoms with E-state index < -0.39 is 37.2 Å². The molecule has 0 unspecified atom stereocenters. The summed E-state index contributed by atoms with van der Waals surface area (Å²) in [5.41, 5.74) is 2.77. The summed E-state index contributed by atoms with van der Waals surface area (Å²) in [6.45, 7) is 10.9. The number of hydrogen-bond acceptors (Lipinski definition) is 11. The Labute approximate surface area is 386 Å². The lowest BCUT2D eigenvalue weighted by Crippen LogP contribution is -2.48. The Morgan fingerprint density at radius 3 is 1.60 bits per heavy atom. The lowest BCUT2D eigenvalue weighted by molar-refractivity contribution is -0.118. The van der Waals surface area contributed by atoms with Crippen molar-refractivity contribution >= 4 is 43.3 Å². The standard InChI is InChI=1S/C26H27ClO5S.C23H25N3O5S/c1-26(2,3)16-21(28)17-33(29,30)25-15-20(27)10-13-24(25)32-23-7-5-6-19(14-23)18-8-11-22(31-4)12-9-18;1-23(2,3)25-22(27)26-32(28,29)21-15-24-13-12-20(21)31-19-7-5-6-17(14-19)16-8-10-18(30-4)11-9-16/h5-15H,16-17H2,1-4H3;5-15H,1-4H3,(H2,25,26,27). The van der Waals surface area contributed by atoms with Gasteiger partial charge in [-0.05, 0) is 115 Å². The largest absolute Gasteiger partial charge is 0.497 e. The van der Waals surface area contributed by atoms with Crippen LogP contribution in [0, 0.1) is 5.41 Å². The summed E-state index contributed by atoms with van der Waals surface area (Å²) in [6.07, 6.45) is 2.71. The van der Waals surface area contributed by atoms with Crippen molar-refractivity contribution < 1.29 is 45.4 Å². The van der Waals surface area contributed by atoms with E-state index in [1.165, 1.54) is 24.4 Å². The van der Waals surface area contributed by atoms with E-state index >= 15 is 0 Å². The fraction of sp³-hybridized carbons (Fsp3) is 0.245. The van der Waals surface area contributed by atoms with Gasteiger partial charge in [0.15, 0.2) is 15.6 Å². The smallest absolute Gasteiger partial charge is 0.329 e. The number of ether oxygens (including phenoxy) is 4. The van der Waals surface area contributed by atoms with Gasteiger partial charge in [0.25, 0.3) is 10.0 Å². The van der Waals surface area contributed by atoms with Gasteiger partial charge in [0.2, 0.25) is 0 Å². The molecule has 0 atom stereocenters. The molecule has 342 valence electrons. The van der Waals surface area contributed by atoms with Gasteiger partial charge in [0.1, 0.15) is 50.1 Å². The third-order valence-electron chi connectivity index (χ3n) is 9.04. The molecule has 0 aliphatic heterocycles. The first kappa shape index (κ1) is 49.6. The van der Waals surface area contributed by atoms with E-state index in [1.54, 1.807) is 65.3 Å². The number of aromatic nitrogens is 1.